The molecule has 0 saturated carbocycles. The molecular weight excluding hydrogens is 317 g/mol. The van der Waals surface area contributed by atoms with Crippen LogP contribution in [-0.2, 0) is 12.0 Å². The molecule has 2 rings (SSSR count). The van der Waals surface area contributed by atoms with Gasteiger partial charge in [-0.3, -0.25) is 0 Å². The lowest BCUT2D eigenvalue weighted by Gasteiger charge is -2.28. The fraction of sp³-hybridized carbons (Fsp3) is 0.294. The molecule has 1 unspecified atom stereocenters. The van der Waals surface area contributed by atoms with Crippen molar-refractivity contribution in [3.05, 3.63) is 68.9 Å². The van der Waals surface area contributed by atoms with Crippen LogP contribution in [0.5, 0.6) is 0 Å². The molecule has 0 aliphatic heterocycles. The zero-order valence-corrected chi connectivity index (χ0v) is 13.6. The van der Waals surface area contributed by atoms with Gasteiger partial charge in [0.15, 0.2) is 0 Å². The van der Waals surface area contributed by atoms with Crippen molar-refractivity contribution in [2.75, 3.05) is 0 Å². The molecule has 2 N–H and O–H groups in total. The fourth-order valence-electron chi connectivity index (χ4n) is 2.51. The molecule has 20 heavy (non-hydrogen) atoms. The largest absolute Gasteiger partial charge is 0.321 e. The van der Waals surface area contributed by atoms with Gasteiger partial charge in [0.05, 0.1) is 0 Å². The molecule has 0 aliphatic rings. The molecule has 0 amide bonds. The van der Waals surface area contributed by atoms with Gasteiger partial charge in [0, 0.05) is 10.0 Å². The minimum absolute atomic E-state index is 0.244. The van der Waals surface area contributed by atoms with Crippen molar-refractivity contribution >= 4 is 15.9 Å². The summed E-state index contributed by atoms with van der Waals surface area (Å²) in [4.78, 5) is 0. The Balaban J connectivity index is 2.37. The first kappa shape index (κ1) is 15.2. The van der Waals surface area contributed by atoms with E-state index in [-0.39, 0.29) is 5.82 Å². The van der Waals surface area contributed by atoms with E-state index in [4.69, 9.17) is 5.73 Å². The quantitative estimate of drug-likeness (QED) is 0.869. The van der Waals surface area contributed by atoms with Crippen molar-refractivity contribution in [2.24, 2.45) is 5.73 Å². The lowest BCUT2D eigenvalue weighted by Crippen LogP contribution is -2.36. The summed E-state index contributed by atoms with van der Waals surface area (Å²) in [5.41, 5.74) is 10.6. The Kier molecular flexibility index (Phi) is 4.31. The van der Waals surface area contributed by atoms with E-state index in [0.29, 0.717) is 6.42 Å². The van der Waals surface area contributed by atoms with E-state index in [9.17, 15) is 4.39 Å². The second kappa shape index (κ2) is 5.66. The molecule has 2 aromatic carbocycles. The molecular formula is C17H19BrFN. The van der Waals surface area contributed by atoms with E-state index in [1.54, 1.807) is 6.07 Å². The third-order valence-corrected chi connectivity index (χ3v) is 4.32. The van der Waals surface area contributed by atoms with Gasteiger partial charge >= 0.3 is 0 Å². The molecule has 0 bridgehead atoms. The molecule has 0 heterocycles. The smallest absolute Gasteiger partial charge is 0.124 e. The van der Waals surface area contributed by atoms with Gasteiger partial charge in [0.2, 0.25) is 0 Å². The van der Waals surface area contributed by atoms with E-state index in [0.717, 1.165) is 15.6 Å². The van der Waals surface area contributed by atoms with Crippen LogP contribution >= 0.6 is 15.9 Å². The maximum atomic E-state index is 13.2. The average molecular weight is 336 g/mol. The number of nitrogens with two attached hydrogens (primary N) is 1. The summed E-state index contributed by atoms with van der Waals surface area (Å²) in [6, 6.07) is 11.1. The van der Waals surface area contributed by atoms with Crippen molar-refractivity contribution in [3.8, 4) is 0 Å². The minimum Gasteiger partial charge on any atom is -0.321 e. The van der Waals surface area contributed by atoms with Gasteiger partial charge in [-0.25, -0.2) is 4.39 Å². The van der Waals surface area contributed by atoms with Crippen molar-refractivity contribution in [1.29, 1.82) is 0 Å². The summed E-state index contributed by atoms with van der Waals surface area (Å²) < 4.78 is 13.9. The molecule has 0 radical (unpaired) electrons. The molecule has 0 spiro atoms. The Morgan fingerprint density at radius 1 is 1.15 bits per heavy atom. The molecule has 0 aromatic heterocycles. The maximum absolute atomic E-state index is 13.2. The maximum Gasteiger partial charge on any atom is 0.124 e. The van der Waals surface area contributed by atoms with Crippen molar-refractivity contribution in [2.45, 2.75) is 32.7 Å². The van der Waals surface area contributed by atoms with Crippen molar-refractivity contribution < 1.29 is 4.39 Å². The molecule has 0 fully saturated rings. The van der Waals surface area contributed by atoms with Crippen LogP contribution in [0.1, 0.15) is 29.2 Å². The highest BCUT2D eigenvalue weighted by Gasteiger charge is 2.24. The monoisotopic (exact) mass is 335 g/mol. The summed E-state index contributed by atoms with van der Waals surface area (Å²) in [7, 11) is 0. The summed E-state index contributed by atoms with van der Waals surface area (Å²) in [5, 5.41) is 0. The highest BCUT2D eigenvalue weighted by atomic mass is 79.9. The molecule has 0 aliphatic carbocycles. The third kappa shape index (κ3) is 3.28. The normalized spacial score (nSPS) is 14.1. The van der Waals surface area contributed by atoms with Crippen LogP contribution < -0.4 is 5.73 Å². The van der Waals surface area contributed by atoms with Gasteiger partial charge in [-0.15, -0.1) is 0 Å². The van der Waals surface area contributed by atoms with Gasteiger partial charge < -0.3 is 5.73 Å². The first-order valence-corrected chi connectivity index (χ1v) is 7.39. The Hall–Kier alpha value is -1.19. The van der Waals surface area contributed by atoms with Crippen LogP contribution in [-0.4, -0.2) is 0 Å². The van der Waals surface area contributed by atoms with Gasteiger partial charge in [0.25, 0.3) is 0 Å². The Labute approximate surface area is 128 Å². The van der Waals surface area contributed by atoms with Crippen LogP contribution in [0.15, 0.2) is 40.9 Å². The summed E-state index contributed by atoms with van der Waals surface area (Å²) >= 11 is 3.41. The minimum atomic E-state index is -0.490. The van der Waals surface area contributed by atoms with Crippen LogP contribution in [0.2, 0.25) is 0 Å². The number of benzene rings is 2. The van der Waals surface area contributed by atoms with Crippen LogP contribution in [0, 0.1) is 19.7 Å². The lowest BCUT2D eigenvalue weighted by atomic mass is 9.83. The first-order chi connectivity index (χ1) is 9.29. The SMILES string of the molecule is Cc1ccc(C)c(C(C)(N)Cc2ccc(F)cc2Br)c1. The van der Waals surface area contributed by atoms with E-state index in [1.165, 1.54) is 23.3 Å². The predicted octanol–water partition coefficient (Wildman–Crippen LogP) is 4.62. The summed E-state index contributed by atoms with van der Waals surface area (Å²) in [5.74, 6) is -0.244. The Bertz CT molecular complexity index is 635. The predicted molar refractivity (Wildman–Crippen MR) is 85.3 cm³/mol. The number of hydrogen-bond donors (Lipinski definition) is 1. The van der Waals surface area contributed by atoms with Crippen LogP contribution in [0.4, 0.5) is 4.39 Å². The molecule has 0 saturated heterocycles. The van der Waals surface area contributed by atoms with Gasteiger partial charge in [0.1, 0.15) is 5.82 Å². The van der Waals surface area contributed by atoms with E-state index in [2.05, 4.69) is 48.0 Å². The van der Waals surface area contributed by atoms with Gasteiger partial charge in [-0.05, 0) is 56.0 Å². The zero-order valence-electron chi connectivity index (χ0n) is 12.0. The molecule has 2 aromatic rings. The first-order valence-electron chi connectivity index (χ1n) is 6.60. The summed E-state index contributed by atoms with van der Waals surface area (Å²) in [6.45, 7) is 6.15. The van der Waals surface area contributed by atoms with Crippen molar-refractivity contribution in [3.63, 3.8) is 0 Å². The second-order valence-corrected chi connectivity index (χ2v) is 6.50. The molecule has 106 valence electrons. The van der Waals surface area contributed by atoms with E-state index >= 15 is 0 Å². The number of halogens is 2. The number of rotatable bonds is 3. The topological polar surface area (TPSA) is 26.0 Å². The third-order valence-electron chi connectivity index (χ3n) is 3.58. The van der Waals surface area contributed by atoms with E-state index < -0.39 is 5.54 Å². The van der Waals surface area contributed by atoms with Crippen LogP contribution in [0.3, 0.4) is 0 Å². The standard InChI is InChI=1S/C17H19BrFN/c1-11-4-5-12(2)15(8-11)17(3,20)10-13-6-7-14(19)9-16(13)18/h4-9H,10,20H2,1-3H3. The van der Waals surface area contributed by atoms with Gasteiger partial charge in [-0.2, -0.15) is 0 Å². The highest BCUT2D eigenvalue weighted by Crippen LogP contribution is 2.29. The Morgan fingerprint density at radius 2 is 1.85 bits per heavy atom. The van der Waals surface area contributed by atoms with E-state index in [1.807, 2.05) is 6.92 Å². The second-order valence-electron chi connectivity index (χ2n) is 5.65. The van der Waals surface area contributed by atoms with Gasteiger partial charge in [-0.1, -0.05) is 45.8 Å². The highest BCUT2D eigenvalue weighted by molar-refractivity contribution is 9.10. The average Bonchev–Trinajstić information content (AvgIpc) is 2.35. The molecule has 1 atom stereocenters. The van der Waals surface area contributed by atoms with Crippen molar-refractivity contribution in [1.82, 2.24) is 0 Å². The molecule has 3 heteroatoms. The Morgan fingerprint density at radius 3 is 2.50 bits per heavy atom. The fourth-order valence-corrected chi connectivity index (χ4v) is 3.00. The molecule has 1 nitrogen and oxygen atoms in total. The summed E-state index contributed by atoms with van der Waals surface area (Å²) in [6.07, 6.45) is 0.651. The number of aryl methyl sites for hydroxylation is 2. The lowest BCUT2D eigenvalue weighted by molar-refractivity contribution is 0.486. The van der Waals surface area contributed by atoms with Crippen LogP contribution in [0.25, 0.3) is 0 Å². The zero-order chi connectivity index (χ0) is 14.9. The number of hydrogen-bond acceptors (Lipinski definition) is 1.